The van der Waals surface area contributed by atoms with E-state index in [1.165, 1.54) is 10.6 Å². The molecular weight excluding hydrogens is 475 g/mol. The molecule has 162 valence electrons. The summed E-state index contributed by atoms with van der Waals surface area (Å²) in [6, 6.07) is 11.0. The van der Waals surface area contributed by atoms with Crippen molar-refractivity contribution >= 4 is 43.6 Å². The molecule has 0 aliphatic carbocycles. The third-order valence-electron chi connectivity index (χ3n) is 6.24. The van der Waals surface area contributed by atoms with Crippen molar-refractivity contribution in [3.63, 3.8) is 0 Å². The SMILES string of the molecule is Cc1ccc2oc(C3CCN(c4c(C#N)c(=O)n(C)c5cc(F)c(Br)cc45)CC3)nc2c1. The monoisotopic (exact) mass is 494 g/mol. The summed E-state index contributed by atoms with van der Waals surface area (Å²) in [5.41, 5.74) is 3.46. The molecule has 0 unspecified atom stereocenters. The zero-order valence-corrected chi connectivity index (χ0v) is 19.2. The van der Waals surface area contributed by atoms with Crippen LogP contribution in [-0.4, -0.2) is 22.6 Å². The van der Waals surface area contributed by atoms with Crippen molar-refractivity contribution in [3.8, 4) is 6.07 Å². The summed E-state index contributed by atoms with van der Waals surface area (Å²) in [5, 5.41) is 10.4. The lowest BCUT2D eigenvalue weighted by Gasteiger charge is -2.33. The van der Waals surface area contributed by atoms with Crippen LogP contribution in [0.25, 0.3) is 22.0 Å². The highest BCUT2D eigenvalue weighted by atomic mass is 79.9. The highest BCUT2D eigenvalue weighted by molar-refractivity contribution is 9.10. The van der Waals surface area contributed by atoms with Crippen LogP contribution in [0, 0.1) is 24.1 Å². The van der Waals surface area contributed by atoms with Gasteiger partial charge in [0.05, 0.1) is 15.7 Å². The van der Waals surface area contributed by atoms with Gasteiger partial charge in [0.25, 0.3) is 5.56 Å². The molecule has 0 radical (unpaired) electrons. The van der Waals surface area contributed by atoms with Crippen molar-refractivity contribution < 1.29 is 8.81 Å². The third-order valence-corrected chi connectivity index (χ3v) is 6.85. The first-order valence-corrected chi connectivity index (χ1v) is 11.2. The fourth-order valence-corrected chi connectivity index (χ4v) is 4.87. The molecule has 1 fully saturated rings. The van der Waals surface area contributed by atoms with Crippen molar-refractivity contribution in [2.75, 3.05) is 18.0 Å². The lowest BCUT2D eigenvalue weighted by Crippen LogP contribution is -2.36. The minimum Gasteiger partial charge on any atom is -0.440 e. The van der Waals surface area contributed by atoms with E-state index in [1.807, 2.05) is 25.1 Å². The Hall–Kier alpha value is -3.18. The third kappa shape index (κ3) is 3.28. The molecule has 1 saturated heterocycles. The van der Waals surface area contributed by atoms with E-state index in [0.717, 1.165) is 35.4 Å². The number of hydrogen-bond donors (Lipinski definition) is 0. The summed E-state index contributed by atoms with van der Waals surface area (Å²) in [4.78, 5) is 19.6. The molecule has 0 spiro atoms. The fourth-order valence-electron chi connectivity index (χ4n) is 4.53. The number of hydrogen-bond acceptors (Lipinski definition) is 5. The van der Waals surface area contributed by atoms with Gasteiger partial charge in [-0.05, 0) is 65.5 Å². The number of nitrogens with zero attached hydrogens (tertiary/aromatic N) is 4. The number of aromatic nitrogens is 2. The van der Waals surface area contributed by atoms with E-state index in [-0.39, 0.29) is 11.5 Å². The minimum atomic E-state index is -0.451. The molecule has 0 bridgehead atoms. The van der Waals surface area contributed by atoms with Crippen molar-refractivity contribution in [1.82, 2.24) is 9.55 Å². The van der Waals surface area contributed by atoms with Crippen molar-refractivity contribution in [2.24, 2.45) is 7.05 Å². The number of nitriles is 1. The van der Waals surface area contributed by atoms with E-state index in [1.54, 1.807) is 13.1 Å². The highest BCUT2D eigenvalue weighted by Crippen LogP contribution is 2.37. The smallest absolute Gasteiger partial charge is 0.270 e. The zero-order valence-electron chi connectivity index (χ0n) is 17.7. The predicted molar refractivity (Wildman–Crippen MR) is 124 cm³/mol. The van der Waals surface area contributed by atoms with Crippen LogP contribution < -0.4 is 10.5 Å². The van der Waals surface area contributed by atoms with Gasteiger partial charge in [0, 0.05) is 31.4 Å². The van der Waals surface area contributed by atoms with Gasteiger partial charge >= 0.3 is 0 Å². The standard InChI is InChI=1S/C24H20BrFN4O2/c1-13-3-4-21-19(9-13)28-23(32-21)14-5-7-30(8-6-14)22-15-10-17(25)18(26)11-20(15)29(2)24(31)16(22)12-27/h3-4,9-11,14H,5-8H2,1-2H3. The summed E-state index contributed by atoms with van der Waals surface area (Å²) in [6.07, 6.45) is 1.55. The Morgan fingerprint density at radius 2 is 2.00 bits per heavy atom. The number of piperidine rings is 1. The normalized spacial score (nSPS) is 14.9. The Bertz CT molecular complexity index is 1480. The van der Waals surface area contributed by atoms with Gasteiger partial charge < -0.3 is 13.9 Å². The van der Waals surface area contributed by atoms with Crippen molar-refractivity contribution in [1.29, 1.82) is 5.26 Å². The number of oxazole rings is 1. The Morgan fingerprint density at radius 1 is 1.25 bits per heavy atom. The molecule has 2 aromatic carbocycles. The number of rotatable bonds is 2. The fraction of sp³-hybridized carbons (Fsp3) is 0.292. The summed E-state index contributed by atoms with van der Waals surface area (Å²) < 4.78 is 21.8. The second kappa shape index (κ2) is 7.75. The van der Waals surface area contributed by atoms with E-state index in [2.05, 4.69) is 31.9 Å². The van der Waals surface area contributed by atoms with Gasteiger partial charge in [0.15, 0.2) is 11.5 Å². The quantitative estimate of drug-likeness (QED) is 0.385. The largest absolute Gasteiger partial charge is 0.440 e. The number of halogens is 2. The molecule has 4 aromatic rings. The zero-order chi connectivity index (χ0) is 22.6. The number of pyridine rings is 1. The number of fused-ring (bicyclic) bond motifs is 2. The maximum Gasteiger partial charge on any atom is 0.270 e. The van der Waals surface area contributed by atoms with Gasteiger partial charge in [-0.1, -0.05) is 6.07 Å². The predicted octanol–water partition coefficient (Wildman–Crippen LogP) is 5.15. The molecule has 0 N–H and O–H groups in total. The van der Waals surface area contributed by atoms with Crippen LogP contribution >= 0.6 is 15.9 Å². The molecule has 1 aliphatic heterocycles. The van der Waals surface area contributed by atoms with E-state index in [9.17, 15) is 14.4 Å². The molecule has 3 heterocycles. The number of anilines is 1. The maximum absolute atomic E-state index is 14.2. The van der Waals surface area contributed by atoms with Crippen LogP contribution in [0.3, 0.4) is 0 Å². The Morgan fingerprint density at radius 3 is 2.72 bits per heavy atom. The molecule has 32 heavy (non-hydrogen) atoms. The first kappa shape index (κ1) is 20.7. The maximum atomic E-state index is 14.2. The Labute approximate surface area is 192 Å². The van der Waals surface area contributed by atoms with Gasteiger partial charge in [-0.15, -0.1) is 0 Å². The van der Waals surface area contributed by atoms with E-state index < -0.39 is 11.4 Å². The van der Waals surface area contributed by atoms with Gasteiger partial charge in [0.1, 0.15) is 23.0 Å². The van der Waals surface area contributed by atoms with E-state index in [4.69, 9.17) is 4.42 Å². The van der Waals surface area contributed by atoms with E-state index >= 15 is 0 Å². The summed E-state index contributed by atoms with van der Waals surface area (Å²) in [6.45, 7) is 3.29. The Kier molecular flexibility index (Phi) is 5.01. The van der Waals surface area contributed by atoms with E-state index in [0.29, 0.717) is 34.2 Å². The summed E-state index contributed by atoms with van der Waals surface area (Å²) in [7, 11) is 1.56. The van der Waals surface area contributed by atoms with Crippen molar-refractivity contribution in [2.45, 2.75) is 25.7 Å². The van der Waals surface area contributed by atoms with Crippen LogP contribution in [0.15, 0.2) is 44.0 Å². The molecule has 0 atom stereocenters. The lowest BCUT2D eigenvalue weighted by atomic mass is 9.95. The molecule has 6 nitrogen and oxygen atoms in total. The summed E-state index contributed by atoms with van der Waals surface area (Å²) >= 11 is 3.24. The topological polar surface area (TPSA) is 75.1 Å². The van der Waals surface area contributed by atoms with Crippen LogP contribution in [0.5, 0.6) is 0 Å². The molecule has 0 saturated carbocycles. The average molecular weight is 495 g/mol. The molecule has 8 heteroatoms. The van der Waals surface area contributed by atoms with Crippen LogP contribution in [-0.2, 0) is 7.05 Å². The number of aryl methyl sites for hydroxylation is 2. The first-order valence-electron chi connectivity index (χ1n) is 10.4. The van der Waals surface area contributed by atoms with Gasteiger partial charge in [-0.2, -0.15) is 5.26 Å². The lowest BCUT2D eigenvalue weighted by molar-refractivity contribution is 0.407. The first-order chi connectivity index (χ1) is 15.4. The average Bonchev–Trinajstić information content (AvgIpc) is 3.21. The van der Waals surface area contributed by atoms with Crippen LogP contribution in [0.2, 0.25) is 0 Å². The summed E-state index contributed by atoms with van der Waals surface area (Å²) in [5.74, 6) is 0.434. The van der Waals surface area contributed by atoms with Crippen LogP contribution in [0.1, 0.15) is 35.8 Å². The molecule has 0 amide bonds. The Balaban J connectivity index is 1.52. The molecule has 2 aromatic heterocycles. The molecule has 5 rings (SSSR count). The minimum absolute atomic E-state index is 0.0781. The van der Waals surface area contributed by atoms with Gasteiger partial charge in [-0.25, -0.2) is 9.37 Å². The second-order valence-corrected chi connectivity index (χ2v) is 9.12. The highest BCUT2D eigenvalue weighted by Gasteiger charge is 2.28. The molecule has 1 aliphatic rings. The van der Waals surface area contributed by atoms with Crippen molar-refractivity contribution in [3.05, 3.63) is 68.0 Å². The second-order valence-electron chi connectivity index (χ2n) is 8.27. The van der Waals surface area contributed by atoms with Gasteiger partial charge in [-0.3, -0.25) is 4.79 Å². The van der Waals surface area contributed by atoms with Crippen LogP contribution in [0.4, 0.5) is 10.1 Å². The van der Waals surface area contributed by atoms with Gasteiger partial charge in [0.2, 0.25) is 0 Å². The number of benzene rings is 2. The molecular formula is C24H20BrFN4O2.